The number of benzene rings is 2. The highest BCUT2D eigenvalue weighted by Gasteiger charge is 2.18. The Morgan fingerprint density at radius 1 is 0.743 bits per heavy atom. The lowest BCUT2D eigenvalue weighted by molar-refractivity contribution is 0.773. The van der Waals surface area contributed by atoms with Gasteiger partial charge in [-0.1, -0.05) is 106 Å². The maximum absolute atomic E-state index is 5.10. The van der Waals surface area contributed by atoms with Crippen LogP contribution in [0.1, 0.15) is 69.5 Å². The van der Waals surface area contributed by atoms with Crippen LogP contribution >= 0.6 is 0 Å². The summed E-state index contributed by atoms with van der Waals surface area (Å²) in [7, 11) is 0. The van der Waals surface area contributed by atoms with E-state index in [-0.39, 0.29) is 5.92 Å². The smallest absolute Gasteiger partial charge is 0.178 e. The lowest BCUT2D eigenvalue weighted by atomic mass is 9.89. The maximum Gasteiger partial charge on any atom is 0.178 e. The highest BCUT2D eigenvalue weighted by molar-refractivity contribution is 5.51. The van der Waals surface area contributed by atoms with Crippen LogP contribution in [-0.4, -0.2) is 15.0 Å². The third-order valence-corrected chi connectivity index (χ3v) is 5.94. The fourth-order valence-electron chi connectivity index (χ4n) is 4.31. The van der Waals surface area contributed by atoms with Crippen molar-refractivity contribution in [1.29, 1.82) is 0 Å². The first-order valence-electron chi connectivity index (χ1n) is 12.8. The molecular formula is C32H37N3. The lowest BCUT2D eigenvalue weighted by Crippen LogP contribution is -2.33. The topological polar surface area (TPSA) is 38.7 Å². The van der Waals surface area contributed by atoms with E-state index < -0.39 is 0 Å². The number of aryl methyl sites for hydroxylation is 1. The highest BCUT2D eigenvalue weighted by Crippen LogP contribution is 2.28. The molecule has 0 N–H and O–H groups in total. The first-order valence-corrected chi connectivity index (χ1v) is 12.8. The van der Waals surface area contributed by atoms with Gasteiger partial charge in [-0.05, 0) is 49.9 Å². The SMILES string of the molecule is C/C=c1/c(CCC)nc(-c2cccc(C(Cc3ccccc3)c3ccccc3)n2)n/c1=C/C.CC. The second kappa shape index (κ2) is 13.3. The molecule has 4 aromatic rings. The van der Waals surface area contributed by atoms with E-state index in [9.17, 15) is 0 Å². The summed E-state index contributed by atoms with van der Waals surface area (Å²) in [4.78, 5) is 14.9. The van der Waals surface area contributed by atoms with E-state index in [0.29, 0.717) is 5.82 Å². The van der Waals surface area contributed by atoms with Gasteiger partial charge in [0.05, 0.1) is 11.0 Å². The van der Waals surface area contributed by atoms with Crippen LogP contribution in [0, 0.1) is 0 Å². The molecule has 0 saturated carbocycles. The average molecular weight is 464 g/mol. The molecule has 3 nitrogen and oxygen atoms in total. The summed E-state index contributed by atoms with van der Waals surface area (Å²) in [5.41, 5.74) is 5.51. The minimum absolute atomic E-state index is 0.157. The van der Waals surface area contributed by atoms with Crippen molar-refractivity contribution in [1.82, 2.24) is 15.0 Å². The van der Waals surface area contributed by atoms with Crippen LogP contribution < -0.4 is 10.6 Å². The van der Waals surface area contributed by atoms with Crippen molar-refractivity contribution in [3.05, 3.63) is 112 Å². The standard InChI is InChI=1S/C30H31N3.C2H6/c1-4-14-27-24(5-2)26(6-3)32-30(33-27)29-20-13-19-28(31-29)25(23-17-11-8-12-18-23)21-22-15-9-7-10-16-22;1-2/h5-13,15-20,25H,4,14,21H2,1-3H3;1-2H3/b24-5+,26-6+;. The lowest BCUT2D eigenvalue weighted by Gasteiger charge is -2.18. The van der Waals surface area contributed by atoms with Crippen LogP contribution in [-0.2, 0) is 12.8 Å². The largest absolute Gasteiger partial charge is 0.249 e. The van der Waals surface area contributed by atoms with Gasteiger partial charge in [0.25, 0.3) is 0 Å². The van der Waals surface area contributed by atoms with E-state index in [1.165, 1.54) is 11.1 Å². The second-order valence-corrected chi connectivity index (χ2v) is 8.22. The quantitative estimate of drug-likeness (QED) is 0.314. The molecule has 0 radical (unpaired) electrons. The van der Waals surface area contributed by atoms with Crippen molar-refractivity contribution in [2.45, 2.75) is 59.8 Å². The molecule has 0 aliphatic rings. The maximum atomic E-state index is 5.10. The molecule has 35 heavy (non-hydrogen) atoms. The summed E-state index contributed by atoms with van der Waals surface area (Å²) in [6.45, 7) is 10.3. The molecule has 1 unspecified atom stereocenters. The predicted molar refractivity (Wildman–Crippen MR) is 149 cm³/mol. The van der Waals surface area contributed by atoms with E-state index in [1.54, 1.807) is 0 Å². The van der Waals surface area contributed by atoms with Gasteiger partial charge in [0, 0.05) is 16.8 Å². The van der Waals surface area contributed by atoms with E-state index in [0.717, 1.165) is 46.9 Å². The molecule has 0 aliphatic heterocycles. The minimum atomic E-state index is 0.157. The Bertz CT molecular complexity index is 1310. The zero-order valence-corrected chi connectivity index (χ0v) is 21.7. The second-order valence-electron chi connectivity index (χ2n) is 8.22. The average Bonchev–Trinajstić information content (AvgIpc) is 2.93. The fraction of sp³-hybridized carbons (Fsp3) is 0.281. The number of rotatable bonds is 7. The van der Waals surface area contributed by atoms with Gasteiger partial charge in [0.15, 0.2) is 5.82 Å². The van der Waals surface area contributed by atoms with E-state index in [1.807, 2.05) is 26.8 Å². The number of pyridine rings is 1. The van der Waals surface area contributed by atoms with Crippen molar-refractivity contribution >= 4 is 12.2 Å². The van der Waals surface area contributed by atoms with Crippen LogP contribution in [0.2, 0.25) is 0 Å². The molecule has 0 fully saturated rings. The van der Waals surface area contributed by atoms with E-state index >= 15 is 0 Å². The zero-order chi connectivity index (χ0) is 25.0. The summed E-state index contributed by atoms with van der Waals surface area (Å²) in [5, 5.41) is 2.10. The Morgan fingerprint density at radius 2 is 1.43 bits per heavy atom. The molecule has 180 valence electrons. The molecule has 2 aromatic carbocycles. The highest BCUT2D eigenvalue weighted by atomic mass is 14.9. The van der Waals surface area contributed by atoms with Gasteiger partial charge in [-0.2, -0.15) is 0 Å². The summed E-state index contributed by atoms with van der Waals surface area (Å²) < 4.78 is 0. The van der Waals surface area contributed by atoms with E-state index in [4.69, 9.17) is 15.0 Å². The predicted octanol–water partition coefficient (Wildman–Crippen LogP) is 6.49. The fourth-order valence-corrected chi connectivity index (χ4v) is 4.31. The Kier molecular flexibility index (Phi) is 9.92. The summed E-state index contributed by atoms with van der Waals surface area (Å²) >= 11 is 0. The van der Waals surface area contributed by atoms with E-state index in [2.05, 4.69) is 98.8 Å². The van der Waals surface area contributed by atoms with Crippen molar-refractivity contribution < 1.29 is 0 Å². The normalized spacial score (nSPS) is 12.7. The van der Waals surface area contributed by atoms with Crippen molar-refractivity contribution in [3.8, 4) is 11.5 Å². The first kappa shape index (κ1) is 26.0. The Hall–Kier alpha value is -3.59. The first-order chi connectivity index (χ1) is 17.2. The van der Waals surface area contributed by atoms with Gasteiger partial charge in [-0.15, -0.1) is 0 Å². The molecule has 0 saturated heterocycles. The van der Waals surface area contributed by atoms with Crippen molar-refractivity contribution in [2.75, 3.05) is 0 Å². The molecule has 1 atom stereocenters. The van der Waals surface area contributed by atoms with Gasteiger partial charge < -0.3 is 0 Å². The summed E-state index contributed by atoms with van der Waals surface area (Å²) in [6.07, 6.45) is 7.03. The molecule has 0 bridgehead atoms. The Labute approximate surface area is 210 Å². The van der Waals surface area contributed by atoms with Crippen LogP contribution in [0.15, 0.2) is 78.9 Å². The Balaban J connectivity index is 0.00000167. The zero-order valence-electron chi connectivity index (χ0n) is 21.7. The van der Waals surface area contributed by atoms with Crippen LogP contribution in [0.25, 0.3) is 23.7 Å². The molecule has 0 spiro atoms. The van der Waals surface area contributed by atoms with Crippen molar-refractivity contribution in [2.24, 2.45) is 0 Å². The molecule has 0 amide bonds. The van der Waals surface area contributed by atoms with Gasteiger partial charge in [-0.3, -0.25) is 0 Å². The van der Waals surface area contributed by atoms with Gasteiger partial charge in [-0.25, -0.2) is 15.0 Å². The number of nitrogens with zero attached hydrogens (tertiary/aromatic N) is 3. The molecule has 3 heteroatoms. The Morgan fingerprint density at radius 3 is 2.06 bits per heavy atom. The number of hydrogen-bond donors (Lipinski definition) is 0. The van der Waals surface area contributed by atoms with Crippen molar-refractivity contribution in [3.63, 3.8) is 0 Å². The number of hydrogen-bond acceptors (Lipinski definition) is 3. The minimum Gasteiger partial charge on any atom is -0.249 e. The van der Waals surface area contributed by atoms with Crippen LogP contribution in [0.3, 0.4) is 0 Å². The third-order valence-electron chi connectivity index (χ3n) is 5.94. The monoisotopic (exact) mass is 463 g/mol. The summed E-state index contributed by atoms with van der Waals surface area (Å²) in [5.74, 6) is 0.856. The number of aromatic nitrogens is 3. The molecule has 0 aliphatic carbocycles. The molecular weight excluding hydrogens is 426 g/mol. The summed E-state index contributed by atoms with van der Waals surface area (Å²) in [6, 6.07) is 27.5. The van der Waals surface area contributed by atoms with Crippen LogP contribution in [0.4, 0.5) is 0 Å². The van der Waals surface area contributed by atoms with Gasteiger partial charge >= 0.3 is 0 Å². The molecule has 2 aromatic heterocycles. The molecule has 4 rings (SSSR count). The third kappa shape index (κ3) is 6.51. The molecule has 2 heterocycles. The van der Waals surface area contributed by atoms with Gasteiger partial charge in [0.1, 0.15) is 5.69 Å². The van der Waals surface area contributed by atoms with Crippen LogP contribution in [0.5, 0.6) is 0 Å². The van der Waals surface area contributed by atoms with Gasteiger partial charge in [0.2, 0.25) is 0 Å².